The molecule has 0 aliphatic carbocycles. The molecule has 2 nitrogen and oxygen atoms in total. The molecule has 0 aliphatic rings. The van der Waals surface area contributed by atoms with E-state index in [1.165, 1.54) is 0 Å². The predicted octanol–water partition coefficient (Wildman–Crippen LogP) is 3.98. The number of benzene rings is 2. The SMILES string of the molecule is C=CCOc1ccc(C(=N)c2ccccc2C)cc1. The van der Waals surface area contributed by atoms with Crippen LogP contribution < -0.4 is 4.74 Å². The van der Waals surface area contributed by atoms with Crippen LogP contribution in [-0.4, -0.2) is 12.3 Å². The quantitative estimate of drug-likeness (QED) is 0.633. The summed E-state index contributed by atoms with van der Waals surface area (Å²) in [5, 5.41) is 8.26. The fourth-order valence-electron chi connectivity index (χ4n) is 1.88. The van der Waals surface area contributed by atoms with Gasteiger partial charge in [-0.2, -0.15) is 0 Å². The van der Waals surface area contributed by atoms with Crippen molar-refractivity contribution in [3.05, 3.63) is 77.9 Å². The molecular formula is C17H17NO. The van der Waals surface area contributed by atoms with Crippen molar-refractivity contribution in [1.29, 1.82) is 5.41 Å². The van der Waals surface area contributed by atoms with Gasteiger partial charge in [0.2, 0.25) is 0 Å². The minimum absolute atomic E-state index is 0.495. The first-order chi connectivity index (χ1) is 9.22. The van der Waals surface area contributed by atoms with E-state index in [9.17, 15) is 0 Å². The van der Waals surface area contributed by atoms with Crippen molar-refractivity contribution in [2.75, 3.05) is 6.61 Å². The van der Waals surface area contributed by atoms with Crippen molar-refractivity contribution >= 4 is 5.71 Å². The summed E-state index contributed by atoms with van der Waals surface area (Å²) in [6.45, 7) is 6.13. The smallest absolute Gasteiger partial charge is 0.119 e. The van der Waals surface area contributed by atoms with E-state index in [4.69, 9.17) is 10.1 Å². The Morgan fingerprint density at radius 1 is 1.16 bits per heavy atom. The van der Waals surface area contributed by atoms with Crippen LogP contribution in [0.15, 0.2) is 61.2 Å². The van der Waals surface area contributed by atoms with Crippen LogP contribution in [0.1, 0.15) is 16.7 Å². The first kappa shape index (κ1) is 13.1. The summed E-state index contributed by atoms with van der Waals surface area (Å²) in [4.78, 5) is 0. The lowest BCUT2D eigenvalue weighted by Crippen LogP contribution is -2.03. The fraction of sp³-hybridized carbons (Fsp3) is 0.118. The first-order valence-corrected chi connectivity index (χ1v) is 6.21. The van der Waals surface area contributed by atoms with Gasteiger partial charge in [0.05, 0.1) is 5.71 Å². The van der Waals surface area contributed by atoms with E-state index in [0.717, 1.165) is 22.4 Å². The molecule has 1 N–H and O–H groups in total. The Kier molecular flexibility index (Phi) is 4.14. The van der Waals surface area contributed by atoms with Crippen molar-refractivity contribution in [1.82, 2.24) is 0 Å². The summed E-state index contributed by atoms with van der Waals surface area (Å²) in [5.74, 6) is 0.793. The van der Waals surface area contributed by atoms with Crippen molar-refractivity contribution < 1.29 is 4.74 Å². The van der Waals surface area contributed by atoms with Crippen LogP contribution in [0, 0.1) is 12.3 Å². The van der Waals surface area contributed by atoms with E-state index in [0.29, 0.717) is 12.3 Å². The van der Waals surface area contributed by atoms with Crippen molar-refractivity contribution in [3.63, 3.8) is 0 Å². The molecule has 2 heteroatoms. The van der Waals surface area contributed by atoms with Gasteiger partial charge in [-0.3, -0.25) is 5.41 Å². The number of hydrogen-bond acceptors (Lipinski definition) is 2. The lowest BCUT2D eigenvalue weighted by molar-refractivity contribution is 0.363. The Morgan fingerprint density at radius 2 is 1.84 bits per heavy atom. The molecule has 0 heterocycles. The van der Waals surface area contributed by atoms with Crippen LogP contribution in [-0.2, 0) is 0 Å². The molecule has 0 amide bonds. The van der Waals surface area contributed by atoms with E-state index in [1.54, 1.807) is 6.08 Å². The third-order valence-electron chi connectivity index (χ3n) is 2.93. The number of ether oxygens (including phenoxy) is 1. The number of rotatable bonds is 5. The maximum absolute atomic E-state index is 8.26. The predicted molar refractivity (Wildman–Crippen MR) is 79.2 cm³/mol. The molecule has 0 saturated carbocycles. The summed E-state index contributed by atoms with van der Waals surface area (Å²) >= 11 is 0. The molecule has 19 heavy (non-hydrogen) atoms. The highest BCUT2D eigenvalue weighted by Gasteiger charge is 2.07. The molecule has 0 aromatic heterocycles. The average Bonchev–Trinajstić information content (AvgIpc) is 2.45. The number of aryl methyl sites for hydroxylation is 1. The highest BCUT2D eigenvalue weighted by Crippen LogP contribution is 2.17. The molecule has 0 spiro atoms. The number of hydrogen-bond donors (Lipinski definition) is 1. The molecule has 0 radical (unpaired) electrons. The highest BCUT2D eigenvalue weighted by molar-refractivity contribution is 6.11. The Bertz CT molecular complexity index is 584. The van der Waals surface area contributed by atoms with E-state index in [-0.39, 0.29) is 0 Å². The molecule has 2 aromatic rings. The van der Waals surface area contributed by atoms with E-state index in [2.05, 4.69) is 6.58 Å². The fourth-order valence-corrected chi connectivity index (χ4v) is 1.88. The molecular weight excluding hydrogens is 234 g/mol. The van der Waals surface area contributed by atoms with E-state index in [1.807, 2.05) is 55.5 Å². The molecule has 0 unspecified atom stereocenters. The monoisotopic (exact) mass is 251 g/mol. The Labute approximate surface area is 113 Å². The van der Waals surface area contributed by atoms with Crippen LogP contribution in [0.4, 0.5) is 0 Å². The largest absolute Gasteiger partial charge is 0.490 e. The van der Waals surface area contributed by atoms with Crippen LogP contribution in [0.3, 0.4) is 0 Å². The Hall–Kier alpha value is -2.35. The molecule has 2 rings (SSSR count). The molecule has 2 aromatic carbocycles. The lowest BCUT2D eigenvalue weighted by Gasteiger charge is -2.09. The minimum Gasteiger partial charge on any atom is -0.490 e. The van der Waals surface area contributed by atoms with Gasteiger partial charge in [-0.05, 0) is 36.8 Å². The molecule has 0 aliphatic heterocycles. The van der Waals surface area contributed by atoms with Gasteiger partial charge in [0.25, 0.3) is 0 Å². The molecule has 0 bridgehead atoms. The molecule has 0 fully saturated rings. The van der Waals surface area contributed by atoms with Gasteiger partial charge in [-0.1, -0.05) is 36.9 Å². The standard InChI is InChI=1S/C17H17NO/c1-3-12-19-15-10-8-14(9-11-15)17(18)16-7-5-4-6-13(16)2/h3-11,18H,1,12H2,2H3. The minimum atomic E-state index is 0.495. The second-order valence-electron chi connectivity index (χ2n) is 4.31. The van der Waals surface area contributed by atoms with Gasteiger partial charge in [0.1, 0.15) is 12.4 Å². The van der Waals surface area contributed by atoms with Crippen molar-refractivity contribution in [2.45, 2.75) is 6.92 Å². The van der Waals surface area contributed by atoms with E-state index >= 15 is 0 Å². The molecule has 96 valence electrons. The lowest BCUT2D eigenvalue weighted by atomic mass is 9.98. The second kappa shape index (κ2) is 6.01. The molecule has 0 atom stereocenters. The first-order valence-electron chi connectivity index (χ1n) is 6.21. The van der Waals surface area contributed by atoms with Crippen LogP contribution in [0.5, 0.6) is 5.75 Å². The highest BCUT2D eigenvalue weighted by atomic mass is 16.5. The summed E-state index contributed by atoms with van der Waals surface area (Å²) in [7, 11) is 0. The van der Waals surface area contributed by atoms with Gasteiger partial charge in [0.15, 0.2) is 0 Å². The van der Waals surface area contributed by atoms with Crippen molar-refractivity contribution in [3.8, 4) is 5.75 Å². The number of nitrogens with one attached hydrogen (secondary N) is 1. The zero-order valence-corrected chi connectivity index (χ0v) is 11.0. The topological polar surface area (TPSA) is 33.1 Å². The average molecular weight is 251 g/mol. The third-order valence-corrected chi connectivity index (χ3v) is 2.93. The summed E-state index contributed by atoms with van der Waals surface area (Å²) < 4.78 is 5.43. The van der Waals surface area contributed by atoms with E-state index < -0.39 is 0 Å². The van der Waals surface area contributed by atoms with Crippen molar-refractivity contribution in [2.24, 2.45) is 0 Å². The van der Waals surface area contributed by atoms with Gasteiger partial charge in [-0.15, -0.1) is 0 Å². The summed E-state index contributed by atoms with van der Waals surface area (Å²) in [6.07, 6.45) is 1.71. The third kappa shape index (κ3) is 3.10. The van der Waals surface area contributed by atoms with Crippen LogP contribution in [0.25, 0.3) is 0 Å². The van der Waals surface area contributed by atoms with Gasteiger partial charge < -0.3 is 4.74 Å². The normalized spacial score (nSPS) is 9.95. The van der Waals surface area contributed by atoms with Gasteiger partial charge >= 0.3 is 0 Å². The Balaban J connectivity index is 2.20. The summed E-state index contributed by atoms with van der Waals surface area (Å²) in [6, 6.07) is 15.5. The Morgan fingerprint density at radius 3 is 2.47 bits per heavy atom. The van der Waals surface area contributed by atoms with Crippen LogP contribution in [0.2, 0.25) is 0 Å². The second-order valence-corrected chi connectivity index (χ2v) is 4.31. The zero-order chi connectivity index (χ0) is 13.7. The summed E-state index contributed by atoms with van der Waals surface area (Å²) in [5.41, 5.74) is 3.50. The van der Waals surface area contributed by atoms with Gasteiger partial charge in [0, 0.05) is 11.1 Å². The molecule has 0 saturated heterocycles. The van der Waals surface area contributed by atoms with Gasteiger partial charge in [-0.25, -0.2) is 0 Å². The maximum atomic E-state index is 8.26. The zero-order valence-electron chi connectivity index (χ0n) is 11.0. The maximum Gasteiger partial charge on any atom is 0.119 e. The van der Waals surface area contributed by atoms with Crippen LogP contribution >= 0.6 is 0 Å².